The van der Waals surface area contributed by atoms with Gasteiger partial charge in [0.05, 0.1) is 0 Å². The molecule has 0 aliphatic carbocycles. The molecule has 1 aromatic heterocycles. The van der Waals surface area contributed by atoms with Gasteiger partial charge in [0, 0.05) is 25.1 Å². The third kappa shape index (κ3) is 4.42. The van der Waals surface area contributed by atoms with E-state index >= 15 is 0 Å². The summed E-state index contributed by atoms with van der Waals surface area (Å²) in [4.78, 5) is 11.4. The summed E-state index contributed by atoms with van der Waals surface area (Å²) >= 11 is 3.44. The Morgan fingerprint density at radius 2 is 2.05 bits per heavy atom. The standard InChI is InChI=1S/C14H23BrN4/c1-3-13-17-12(15)9-14(18-13)16-10-11(2)19-7-5-4-6-8-19/h9,11H,3-8,10H2,1-2H3,(H,16,17,18). The number of nitrogens with zero attached hydrogens (tertiary/aromatic N) is 3. The van der Waals surface area contributed by atoms with Crippen LogP contribution in [0.1, 0.15) is 38.9 Å². The first-order valence-corrected chi connectivity index (χ1v) is 7.99. The number of aromatic nitrogens is 2. The third-order valence-corrected chi connectivity index (χ3v) is 4.06. The van der Waals surface area contributed by atoms with E-state index in [1.165, 1.54) is 32.4 Å². The highest BCUT2D eigenvalue weighted by Gasteiger charge is 2.16. The van der Waals surface area contributed by atoms with Crippen molar-refractivity contribution < 1.29 is 0 Å². The number of piperidine rings is 1. The Morgan fingerprint density at radius 3 is 2.74 bits per heavy atom. The smallest absolute Gasteiger partial charge is 0.131 e. The zero-order valence-electron chi connectivity index (χ0n) is 11.8. The number of likely N-dealkylation sites (tertiary alicyclic amines) is 1. The summed E-state index contributed by atoms with van der Waals surface area (Å²) < 4.78 is 0.854. The van der Waals surface area contributed by atoms with E-state index in [2.05, 4.69) is 50.0 Å². The molecule has 1 fully saturated rings. The van der Waals surface area contributed by atoms with Gasteiger partial charge in [0.15, 0.2) is 0 Å². The van der Waals surface area contributed by atoms with Crippen LogP contribution < -0.4 is 5.32 Å². The molecule has 5 heteroatoms. The molecule has 1 N–H and O–H groups in total. The Bertz CT molecular complexity index is 404. The van der Waals surface area contributed by atoms with Gasteiger partial charge in [-0.1, -0.05) is 13.3 Å². The van der Waals surface area contributed by atoms with Crippen LogP contribution in [-0.2, 0) is 6.42 Å². The summed E-state index contributed by atoms with van der Waals surface area (Å²) in [5.74, 6) is 1.80. The zero-order valence-corrected chi connectivity index (χ0v) is 13.4. The number of hydrogen-bond donors (Lipinski definition) is 1. The molecule has 0 amide bonds. The molecule has 0 aromatic carbocycles. The van der Waals surface area contributed by atoms with Gasteiger partial charge in [-0.05, 0) is 48.8 Å². The maximum atomic E-state index is 4.50. The summed E-state index contributed by atoms with van der Waals surface area (Å²) in [5.41, 5.74) is 0. The van der Waals surface area contributed by atoms with E-state index in [4.69, 9.17) is 0 Å². The number of aryl methyl sites for hydroxylation is 1. The van der Waals surface area contributed by atoms with Gasteiger partial charge in [-0.3, -0.25) is 4.90 Å². The zero-order chi connectivity index (χ0) is 13.7. The first-order chi connectivity index (χ1) is 9.19. The van der Waals surface area contributed by atoms with Crippen molar-refractivity contribution in [1.82, 2.24) is 14.9 Å². The van der Waals surface area contributed by atoms with E-state index in [-0.39, 0.29) is 0 Å². The molecule has 19 heavy (non-hydrogen) atoms. The average Bonchev–Trinajstić information content (AvgIpc) is 2.45. The highest BCUT2D eigenvalue weighted by molar-refractivity contribution is 9.10. The highest BCUT2D eigenvalue weighted by Crippen LogP contribution is 2.15. The van der Waals surface area contributed by atoms with Gasteiger partial charge < -0.3 is 5.32 Å². The van der Waals surface area contributed by atoms with Crippen molar-refractivity contribution in [3.05, 3.63) is 16.5 Å². The van der Waals surface area contributed by atoms with Crippen molar-refractivity contribution in [2.24, 2.45) is 0 Å². The summed E-state index contributed by atoms with van der Waals surface area (Å²) in [6, 6.07) is 2.50. The van der Waals surface area contributed by atoms with Crippen LogP contribution in [0.3, 0.4) is 0 Å². The predicted molar refractivity (Wildman–Crippen MR) is 82.5 cm³/mol. The molecule has 1 aliphatic rings. The Kier molecular flexibility index (Phi) is 5.58. The van der Waals surface area contributed by atoms with Gasteiger partial charge in [0.25, 0.3) is 0 Å². The number of nitrogens with one attached hydrogen (secondary N) is 1. The molecular formula is C14H23BrN4. The van der Waals surface area contributed by atoms with Gasteiger partial charge in [-0.15, -0.1) is 0 Å². The molecule has 0 radical (unpaired) electrons. The maximum Gasteiger partial charge on any atom is 0.131 e. The van der Waals surface area contributed by atoms with Gasteiger partial charge in [-0.2, -0.15) is 0 Å². The van der Waals surface area contributed by atoms with Crippen LogP contribution in [0.4, 0.5) is 5.82 Å². The molecule has 1 aliphatic heterocycles. The normalized spacial score (nSPS) is 18.3. The number of hydrogen-bond acceptors (Lipinski definition) is 4. The van der Waals surface area contributed by atoms with Gasteiger partial charge in [0.2, 0.25) is 0 Å². The molecule has 0 saturated carbocycles. The van der Waals surface area contributed by atoms with E-state index in [0.717, 1.165) is 29.2 Å². The van der Waals surface area contributed by atoms with Crippen LogP contribution in [0.2, 0.25) is 0 Å². The summed E-state index contributed by atoms with van der Waals surface area (Å²) in [6.07, 6.45) is 4.91. The molecule has 0 spiro atoms. The maximum absolute atomic E-state index is 4.50. The minimum absolute atomic E-state index is 0.555. The van der Waals surface area contributed by atoms with E-state index in [1.807, 2.05) is 6.07 Å². The summed E-state index contributed by atoms with van der Waals surface area (Å²) in [7, 11) is 0. The fourth-order valence-corrected chi connectivity index (χ4v) is 2.88. The lowest BCUT2D eigenvalue weighted by Crippen LogP contribution is -2.41. The molecule has 2 rings (SSSR count). The first-order valence-electron chi connectivity index (χ1n) is 7.20. The summed E-state index contributed by atoms with van der Waals surface area (Å²) in [6.45, 7) is 7.76. The topological polar surface area (TPSA) is 41.1 Å². The predicted octanol–water partition coefficient (Wildman–Crippen LogP) is 3.09. The largest absolute Gasteiger partial charge is 0.368 e. The number of halogens is 1. The van der Waals surface area contributed by atoms with Crippen molar-refractivity contribution in [3.8, 4) is 0 Å². The Balaban J connectivity index is 1.88. The Hall–Kier alpha value is -0.680. The van der Waals surface area contributed by atoms with Crippen LogP contribution in [0.25, 0.3) is 0 Å². The second-order valence-electron chi connectivity index (χ2n) is 5.17. The third-order valence-electron chi connectivity index (χ3n) is 3.65. The molecular weight excluding hydrogens is 304 g/mol. The van der Waals surface area contributed by atoms with Crippen molar-refractivity contribution in [1.29, 1.82) is 0 Å². The minimum Gasteiger partial charge on any atom is -0.368 e. The van der Waals surface area contributed by atoms with Crippen molar-refractivity contribution >= 4 is 21.7 Å². The average molecular weight is 327 g/mol. The molecule has 0 bridgehead atoms. The Morgan fingerprint density at radius 1 is 1.32 bits per heavy atom. The first kappa shape index (κ1) is 14.7. The lowest BCUT2D eigenvalue weighted by Gasteiger charge is -2.32. The molecule has 1 unspecified atom stereocenters. The van der Waals surface area contributed by atoms with E-state index in [0.29, 0.717) is 6.04 Å². The monoisotopic (exact) mass is 326 g/mol. The van der Waals surface area contributed by atoms with Gasteiger partial charge in [-0.25, -0.2) is 9.97 Å². The second-order valence-corrected chi connectivity index (χ2v) is 5.98. The van der Waals surface area contributed by atoms with Crippen molar-refractivity contribution in [2.45, 2.75) is 45.6 Å². The van der Waals surface area contributed by atoms with E-state index in [1.54, 1.807) is 0 Å². The van der Waals surface area contributed by atoms with E-state index in [9.17, 15) is 0 Å². The van der Waals surface area contributed by atoms with Gasteiger partial charge >= 0.3 is 0 Å². The quantitative estimate of drug-likeness (QED) is 0.844. The minimum atomic E-state index is 0.555. The number of anilines is 1. The second kappa shape index (κ2) is 7.20. The SMILES string of the molecule is CCc1nc(Br)cc(NCC(C)N2CCCCC2)n1. The van der Waals surface area contributed by atoms with Gasteiger partial charge in [0.1, 0.15) is 16.2 Å². The molecule has 1 aromatic rings. The molecule has 1 saturated heterocycles. The molecule has 4 nitrogen and oxygen atoms in total. The van der Waals surface area contributed by atoms with Crippen LogP contribution in [-0.4, -0.2) is 40.5 Å². The molecule has 1 atom stereocenters. The fourth-order valence-electron chi connectivity index (χ4n) is 2.45. The lowest BCUT2D eigenvalue weighted by molar-refractivity contribution is 0.180. The lowest BCUT2D eigenvalue weighted by atomic mass is 10.1. The van der Waals surface area contributed by atoms with Crippen LogP contribution >= 0.6 is 15.9 Å². The number of rotatable bonds is 5. The molecule has 106 valence electrons. The Labute approximate surface area is 124 Å². The van der Waals surface area contributed by atoms with E-state index < -0.39 is 0 Å². The van der Waals surface area contributed by atoms with Crippen LogP contribution in [0, 0.1) is 0 Å². The van der Waals surface area contributed by atoms with Crippen LogP contribution in [0.5, 0.6) is 0 Å². The van der Waals surface area contributed by atoms with Crippen LogP contribution in [0.15, 0.2) is 10.7 Å². The van der Waals surface area contributed by atoms with Crippen molar-refractivity contribution in [3.63, 3.8) is 0 Å². The van der Waals surface area contributed by atoms with Crippen molar-refractivity contribution in [2.75, 3.05) is 25.0 Å². The fraction of sp³-hybridized carbons (Fsp3) is 0.714. The molecule has 2 heterocycles. The summed E-state index contributed by atoms with van der Waals surface area (Å²) in [5, 5.41) is 3.43. The highest BCUT2D eigenvalue weighted by atomic mass is 79.9.